The first-order chi connectivity index (χ1) is 13.8. The molecule has 1 N–H and O–H groups in total. The number of ether oxygens (including phenoxy) is 1. The highest BCUT2D eigenvalue weighted by Gasteiger charge is 2.11. The van der Waals surface area contributed by atoms with E-state index in [9.17, 15) is 9.90 Å². The minimum Gasteiger partial charge on any atom is -0.508 e. The van der Waals surface area contributed by atoms with Gasteiger partial charge in [0.2, 0.25) is 0 Å². The Morgan fingerprint density at radius 1 is 1.10 bits per heavy atom. The molecular formula is C23H32ClN3O3. The second-order valence-electron chi connectivity index (χ2n) is 7.26. The van der Waals surface area contributed by atoms with Gasteiger partial charge in [-0.05, 0) is 73.5 Å². The van der Waals surface area contributed by atoms with Crippen LogP contribution in [0.4, 0.5) is 11.4 Å². The number of halogens is 1. The largest absolute Gasteiger partial charge is 0.508 e. The maximum absolute atomic E-state index is 12.2. The molecule has 0 unspecified atom stereocenters. The molecule has 2 aromatic carbocycles. The molecule has 0 heterocycles. The molecule has 0 amide bonds. The summed E-state index contributed by atoms with van der Waals surface area (Å²) >= 11 is 0. The molecule has 0 aliphatic heterocycles. The molecule has 0 saturated heterocycles. The fourth-order valence-corrected chi connectivity index (χ4v) is 2.91. The number of aryl methyl sites for hydroxylation is 1. The Bertz CT molecular complexity index is 848. The third-order valence-corrected chi connectivity index (χ3v) is 4.88. The normalized spacial score (nSPS) is 11.2. The van der Waals surface area contributed by atoms with Gasteiger partial charge in [0, 0.05) is 6.54 Å². The van der Waals surface area contributed by atoms with Crippen LogP contribution in [0.25, 0.3) is 0 Å². The van der Waals surface area contributed by atoms with E-state index in [0.29, 0.717) is 17.9 Å². The van der Waals surface area contributed by atoms with Gasteiger partial charge in [0.1, 0.15) is 12.4 Å². The number of nitrogens with zero attached hydrogens (tertiary/aromatic N) is 3. The van der Waals surface area contributed by atoms with E-state index in [4.69, 9.17) is 4.74 Å². The van der Waals surface area contributed by atoms with Gasteiger partial charge in [-0.15, -0.1) is 12.4 Å². The summed E-state index contributed by atoms with van der Waals surface area (Å²) in [6, 6.07) is 10.4. The predicted octanol–water partition coefficient (Wildman–Crippen LogP) is 6.16. The second-order valence-corrected chi connectivity index (χ2v) is 7.26. The van der Waals surface area contributed by atoms with Gasteiger partial charge >= 0.3 is 5.97 Å². The number of rotatable bonds is 9. The number of carbonyl (C=O) groups is 1. The SMILES string of the molecule is CCN(CC)CCOC(=O)c1ccc(N=Nc2cc(C)c(O)cc2C(C)C)cc1.Cl. The molecule has 30 heavy (non-hydrogen) atoms. The standard InChI is InChI=1S/C23H31N3O3.ClH/c1-6-26(7-2)12-13-29-23(28)18-8-10-19(11-9-18)24-25-21-14-17(5)22(27)15-20(21)16(3)4;/h8-11,14-16,27H,6-7,12-13H2,1-5H3;1H. The number of likely N-dealkylation sites (N-methyl/N-ethyl adjacent to an activating group) is 1. The summed E-state index contributed by atoms with van der Waals surface area (Å²) < 4.78 is 5.34. The highest BCUT2D eigenvalue weighted by Crippen LogP contribution is 2.33. The Hall–Kier alpha value is -2.44. The first-order valence-electron chi connectivity index (χ1n) is 10.1. The topological polar surface area (TPSA) is 74.5 Å². The minimum absolute atomic E-state index is 0. The zero-order chi connectivity index (χ0) is 21.4. The van der Waals surface area contributed by atoms with Gasteiger partial charge in [0.05, 0.1) is 16.9 Å². The third kappa shape index (κ3) is 7.11. The lowest BCUT2D eigenvalue weighted by molar-refractivity contribution is 0.0466. The summed E-state index contributed by atoms with van der Waals surface area (Å²) in [5, 5.41) is 18.6. The van der Waals surface area contributed by atoms with Crippen molar-refractivity contribution in [1.82, 2.24) is 4.90 Å². The second kappa shape index (κ2) is 12.3. The molecule has 0 bridgehead atoms. The lowest BCUT2D eigenvalue weighted by Crippen LogP contribution is -2.27. The van der Waals surface area contributed by atoms with Gasteiger partial charge in [0.15, 0.2) is 0 Å². The molecule has 0 saturated carbocycles. The summed E-state index contributed by atoms with van der Waals surface area (Å²) in [6.45, 7) is 13.1. The number of phenols is 1. The summed E-state index contributed by atoms with van der Waals surface area (Å²) in [5.74, 6) is 0.136. The van der Waals surface area contributed by atoms with Crippen LogP contribution in [0.15, 0.2) is 46.6 Å². The van der Waals surface area contributed by atoms with Gasteiger partial charge in [-0.3, -0.25) is 0 Å². The third-order valence-electron chi connectivity index (χ3n) is 4.88. The number of carbonyl (C=O) groups excluding carboxylic acids is 1. The molecule has 164 valence electrons. The Morgan fingerprint density at radius 2 is 1.73 bits per heavy atom. The Balaban J connectivity index is 0.00000450. The van der Waals surface area contributed by atoms with Crippen molar-refractivity contribution < 1.29 is 14.6 Å². The van der Waals surface area contributed by atoms with Crippen molar-refractivity contribution in [3.63, 3.8) is 0 Å². The lowest BCUT2D eigenvalue weighted by Gasteiger charge is -2.17. The van der Waals surface area contributed by atoms with Crippen LogP contribution < -0.4 is 0 Å². The lowest BCUT2D eigenvalue weighted by atomic mass is 9.99. The van der Waals surface area contributed by atoms with Crippen molar-refractivity contribution in [3.8, 4) is 5.75 Å². The molecule has 0 aliphatic rings. The molecule has 0 spiro atoms. The van der Waals surface area contributed by atoms with Crippen LogP contribution in [0, 0.1) is 6.92 Å². The minimum atomic E-state index is -0.336. The molecule has 6 nitrogen and oxygen atoms in total. The van der Waals surface area contributed by atoms with Crippen LogP contribution in [0.5, 0.6) is 5.75 Å². The van der Waals surface area contributed by atoms with E-state index in [1.54, 1.807) is 30.3 Å². The average molecular weight is 434 g/mol. The van der Waals surface area contributed by atoms with E-state index in [1.165, 1.54) is 0 Å². The summed E-state index contributed by atoms with van der Waals surface area (Å²) in [5.41, 5.74) is 3.56. The number of phenolic OH excluding ortho intramolecular Hbond substituents is 1. The van der Waals surface area contributed by atoms with Crippen LogP contribution >= 0.6 is 12.4 Å². The molecule has 0 atom stereocenters. The number of benzene rings is 2. The Morgan fingerprint density at radius 3 is 2.30 bits per heavy atom. The molecule has 0 fully saturated rings. The van der Waals surface area contributed by atoms with E-state index in [2.05, 4.69) is 29.0 Å². The summed E-state index contributed by atoms with van der Waals surface area (Å²) in [6.07, 6.45) is 0. The summed E-state index contributed by atoms with van der Waals surface area (Å²) in [4.78, 5) is 14.4. The number of esters is 1. The van der Waals surface area contributed by atoms with E-state index >= 15 is 0 Å². The highest BCUT2D eigenvalue weighted by atomic mass is 35.5. The van der Waals surface area contributed by atoms with Gasteiger partial charge in [-0.25, -0.2) is 4.79 Å². The fourth-order valence-electron chi connectivity index (χ4n) is 2.91. The smallest absolute Gasteiger partial charge is 0.338 e. The zero-order valence-electron chi connectivity index (χ0n) is 18.4. The van der Waals surface area contributed by atoms with Crippen LogP contribution in [0.3, 0.4) is 0 Å². The van der Waals surface area contributed by atoms with Crippen LogP contribution in [0.1, 0.15) is 55.1 Å². The average Bonchev–Trinajstić information content (AvgIpc) is 2.71. The molecule has 7 heteroatoms. The number of azo groups is 1. The molecule has 2 rings (SSSR count). The van der Waals surface area contributed by atoms with Crippen molar-refractivity contribution in [1.29, 1.82) is 0 Å². The van der Waals surface area contributed by atoms with Gasteiger partial charge in [-0.1, -0.05) is 27.7 Å². The van der Waals surface area contributed by atoms with Crippen molar-refractivity contribution in [2.24, 2.45) is 10.2 Å². The Labute approximate surface area is 185 Å². The quantitative estimate of drug-likeness (QED) is 0.379. The summed E-state index contributed by atoms with van der Waals surface area (Å²) in [7, 11) is 0. The first kappa shape index (κ1) is 25.6. The monoisotopic (exact) mass is 433 g/mol. The van der Waals surface area contributed by atoms with E-state index in [1.807, 2.05) is 26.8 Å². The molecule has 2 aromatic rings. The first-order valence-corrected chi connectivity index (χ1v) is 10.1. The maximum atomic E-state index is 12.2. The molecule has 0 aliphatic carbocycles. The van der Waals surface area contributed by atoms with Crippen LogP contribution in [-0.2, 0) is 4.74 Å². The van der Waals surface area contributed by atoms with E-state index in [-0.39, 0.29) is 30.0 Å². The van der Waals surface area contributed by atoms with Gasteiger partial charge in [0.25, 0.3) is 0 Å². The van der Waals surface area contributed by atoms with Gasteiger partial charge in [-0.2, -0.15) is 10.2 Å². The number of hydrogen-bond acceptors (Lipinski definition) is 6. The number of aromatic hydroxyl groups is 1. The van der Waals surface area contributed by atoms with E-state index < -0.39 is 0 Å². The zero-order valence-corrected chi connectivity index (χ0v) is 19.2. The highest BCUT2D eigenvalue weighted by molar-refractivity contribution is 5.89. The maximum Gasteiger partial charge on any atom is 0.338 e. The molecule has 0 aromatic heterocycles. The predicted molar refractivity (Wildman–Crippen MR) is 123 cm³/mol. The van der Waals surface area contributed by atoms with Crippen molar-refractivity contribution in [2.75, 3.05) is 26.2 Å². The molecule has 0 radical (unpaired) electrons. The van der Waals surface area contributed by atoms with Crippen LogP contribution in [-0.4, -0.2) is 42.2 Å². The molecular weight excluding hydrogens is 402 g/mol. The van der Waals surface area contributed by atoms with Crippen molar-refractivity contribution in [2.45, 2.75) is 40.5 Å². The Kier molecular flexibility index (Phi) is 10.5. The fraction of sp³-hybridized carbons (Fsp3) is 0.435. The van der Waals surface area contributed by atoms with Crippen molar-refractivity contribution >= 4 is 29.8 Å². The van der Waals surface area contributed by atoms with Crippen molar-refractivity contribution in [3.05, 3.63) is 53.1 Å². The van der Waals surface area contributed by atoms with Gasteiger partial charge < -0.3 is 14.7 Å². The van der Waals surface area contributed by atoms with Crippen LogP contribution in [0.2, 0.25) is 0 Å². The number of hydrogen-bond donors (Lipinski definition) is 1. The van der Waals surface area contributed by atoms with E-state index in [0.717, 1.165) is 36.4 Å².